The molecule has 1 aromatic carbocycles. The van der Waals surface area contributed by atoms with Crippen molar-refractivity contribution in [3.05, 3.63) is 35.9 Å². The van der Waals surface area contributed by atoms with Crippen LogP contribution in [0.1, 0.15) is 45.2 Å². The average molecular weight is 274 g/mol. The summed E-state index contributed by atoms with van der Waals surface area (Å²) in [5, 5.41) is 3.33. The van der Waals surface area contributed by atoms with Gasteiger partial charge in [0.25, 0.3) is 0 Å². The van der Waals surface area contributed by atoms with Crippen molar-refractivity contribution in [3.8, 4) is 0 Å². The van der Waals surface area contributed by atoms with Crippen molar-refractivity contribution < 1.29 is 9.59 Å². The normalized spacial score (nSPS) is 20.8. The van der Waals surface area contributed by atoms with Gasteiger partial charge in [-0.3, -0.25) is 19.8 Å². The molecule has 1 fully saturated rings. The number of rotatable bonds is 5. The van der Waals surface area contributed by atoms with E-state index in [-0.39, 0.29) is 30.3 Å². The first-order chi connectivity index (χ1) is 9.54. The molecule has 20 heavy (non-hydrogen) atoms. The molecule has 0 spiro atoms. The number of likely N-dealkylation sites (tertiary alicyclic amines) is 1. The van der Waals surface area contributed by atoms with Crippen LogP contribution in [0.4, 0.5) is 0 Å². The highest BCUT2D eigenvalue weighted by molar-refractivity contribution is 6.05. The van der Waals surface area contributed by atoms with Crippen molar-refractivity contribution in [3.63, 3.8) is 0 Å². The van der Waals surface area contributed by atoms with Crippen LogP contribution in [0.2, 0.25) is 0 Å². The second kappa shape index (κ2) is 6.18. The molecule has 1 saturated heterocycles. The number of hydrogen-bond donors (Lipinski definition) is 1. The minimum atomic E-state index is -0.393. The number of nitrogens with one attached hydrogen (secondary N) is 1. The molecule has 2 rings (SSSR count). The molecular weight excluding hydrogens is 252 g/mol. The summed E-state index contributed by atoms with van der Waals surface area (Å²) in [6, 6.07) is 9.68. The molecule has 0 bridgehead atoms. The molecule has 4 nitrogen and oxygen atoms in total. The fourth-order valence-electron chi connectivity index (χ4n) is 2.70. The van der Waals surface area contributed by atoms with Crippen molar-refractivity contribution >= 4 is 11.8 Å². The summed E-state index contributed by atoms with van der Waals surface area (Å²) >= 11 is 0. The van der Waals surface area contributed by atoms with Gasteiger partial charge in [0.05, 0.1) is 12.5 Å². The largest absolute Gasteiger partial charge is 0.299 e. The molecule has 2 atom stereocenters. The zero-order chi connectivity index (χ0) is 14.7. The Morgan fingerprint density at radius 3 is 2.40 bits per heavy atom. The quantitative estimate of drug-likeness (QED) is 0.838. The van der Waals surface area contributed by atoms with E-state index in [1.54, 1.807) is 0 Å². The zero-order valence-corrected chi connectivity index (χ0v) is 12.3. The maximum absolute atomic E-state index is 12.3. The van der Waals surface area contributed by atoms with Gasteiger partial charge >= 0.3 is 0 Å². The van der Waals surface area contributed by atoms with Crippen molar-refractivity contribution in [2.45, 2.75) is 51.7 Å². The summed E-state index contributed by atoms with van der Waals surface area (Å²) < 4.78 is 0. The lowest BCUT2D eigenvalue weighted by Crippen LogP contribution is -2.42. The molecule has 0 aliphatic carbocycles. The van der Waals surface area contributed by atoms with Crippen LogP contribution in [0.3, 0.4) is 0 Å². The molecular formula is C16H22N2O2. The van der Waals surface area contributed by atoms with E-state index in [9.17, 15) is 9.59 Å². The van der Waals surface area contributed by atoms with Crippen LogP contribution in [0.15, 0.2) is 30.3 Å². The highest BCUT2D eigenvalue weighted by Gasteiger charge is 2.40. The Bertz CT molecular complexity index is 485. The summed E-state index contributed by atoms with van der Waals surface area (Å²) in [7, 11) is 0. The second-order valence-corrected chi connectivity index (χ2v) is 5.49. The van der Waals surface area contributed by atoms with Gasteiger partial charge in [-0.25, -0.2) is 0 Å². The number of carbonyl (C=O) groups excluding carboxylic acids is 2. The first-order valence-electron chi connectivity index (χ1n) is 7.21. The van der Waals surface area contributed by atoms with Crippen LogP contribution >= 0.6 is 0 Å². The van der Waals surface area contributed by atoms with Crippen molar-refractivity contribution in [1.29, 1.82) is 0 Å². The van der Waals surface area contributed by atoms with E-state index in [1.165, 1.54) is 4.90 Å². The zero-order valence-electron chi connectivity index (χ0n) is 12.3. The number of imide groups is 1. The molecule has 4 heteroatoms. The van der Waals surface area contributed by atoms with E-state index in [0.717, 1.165) is 12.0 Å². The number of hydrogen-bond acceptors (Lipinski definition) is 3. The summed E-state index contributed by atoms with van der Waals surface area (Å²) in [6.45, 7) is 5.81. The Balaban J connectivity index is 2.10. The summed E-state index contributed by atoms with van der Waals surface area (Å²) in [4.78, 5) is 25.6. The minimum absolute atomic E-state index is 0.0707. The average Bonchev–Trinajstić information content (AvgIpc) is 2.71. The van der Waals surface area contributed by atoms with Crippen LogP contribution in [0, 0.1) is 0 Å². The maximum atomic E-state index is 12.3. The molecule has 1 N–H and O–H groups in total. The third-order valence-corrected chi connectivity index (χ3v) is 3.71. The van der Waals surface area contributed by atoms with Crippen LogP contribution < -0.4 is 5.32 Å². The Labute approximate surface area is 120 Å². The van der Waals surface area contributed by atoms with Gasteiger partial charge in [0, 0.05) is 12.1 Å². The summed E-state index contributed by atoms with van der Waals surface area (Å²) in [5.74, 6) is -0.176. The minimum Gasteiger partial charge on any atom is -0.299 e. The molecule has 0 radical (unpaired) electrons. The van der Waals surface area contributed by atoms with Gasteiger partial charge in [0.2, 0.25) is 11.8 Å². The molecule has 0 saturated carbocycles. The summed E-state index contributed by atoms with van der Waals surface area (Å²) in [5.41, 5.74) is 1.15. The molecule has 1 heterocycles. The lowest BCUT2D eigenvalue weighted by atomic mass is 10.0. The smallest absolute Gasteiger partial charge is 0.247 e. The fraction of sp³-hybridized carbons (Fsp3) is 0.500. The van der Waals surface area contributed by atoms with Crippen LogP contribution in [0.25, 0.3) is 0 Å². The third kappa shape index (κ3) is 2.90. The van der Waals surface area contributed by atoms with Crippen LogP contribution in [-0.4, -0.2) is 28.8 Å². The predicted octanol–water partition coefficient (Wildman–Crippen LogP) is 2.26. The SMILES string of the molecule is CCC(NC1CC(=O)N(C(C)C)C1=O)c1ccccc1. The lowest BCUT2D eigenvalue weighted by Gasteiger charge is -2.22. The number of benzene rings is 1. The van der Waals surface area contributed by atoms with Crippen molar-refractivity contribution in [1.82, 2.24) is 10.2 Å². The highest BCUT2D eigenvalue weighted by atomic mass is 16.2. The lowest BCUT2D eigenvalue weighted by molar-refractivity contribution is -0.140. The molecule has 108 valence electrons. The Morgan fingerprint density at radius 1 is 1.25 bits per heavy atom. The van der Waals surface area contributed by atoms with E-state index in [0.29, 0.717) is 0 Å². The Kier molecular flexibility index (Phi) is 4.55. The van der Waals surface area contributed by atoms with E-state index in [2.05, 4.69) is 12.2 Å². The van der Waals surface area contributed by atoms with Gasteiger partial charge < -0.3 is 0 Å². The first kappa shape index (κ1) is 14.7. The van der Waals surface area contributed by atoms with Gasteiger partial charge in [-0.05, 0) is 25.8 Å². The van der Waals surface area contributed by atoms with Gasteiger partial charge in [-0.1, -0.05) is 37.3 Å². The van der Waals surface area contributed by atoms with Crippen molar-refractivity contribution in [2.24, 2.45) is 0 Å². The van der Waals surface area contributed by atoms with E-state index < -0.39 is 6.04 Å². The Morgan fingerprint density at radius 2 is 1.90 bits per heavy atom. The number of carbonyl (C=O) groups is 2. The summed E-state index contributed by atoms with van der Waals surface area (Å²) in [6.07, 6.45) is 1.14. The second-order valence-electron chi connectivity index (χ2n) is 5.49. The predicted molar refractivity (Wildman–Crippen MR) is 78.0 cm³/mol. The monoisotopic (exact) mass is 274 g/mol. The highest BCUT2D eigenvalue weighted by Crippen LogP contribution is 2.22. The molecule has 1 aliphatic heterocycles. The standard InChI is InChI=1S/C16H22N2O2/c1-4-13(12-8-6-5-7-9-12)17-14-10-15(19)18(11(2)3)16(14)20/h5-9,11,13-14,17H,4,10H2,1-3H3. The maximum Gasteiger partial charge on any atom is 0.247 e. The van der Waals surface area contributed by atoms with Gasteiger partial charge in [0.1, 0.15) is 0 Å². The van der Waals surface area contributed by atoms with Crippen molar-refractivity contribution in [2.75, 3.05) is 0 Å². The molecule has 2 amide bonds. The molecule has 0 aromatic heterocycles. The van der Waals surface area contributed by atoms with Crippen LogP contribution in [-0.2, 0) is 9.59 Å². The van der Waals surface area contributed by atoms with Gasteiger partial charge in [0.15, 0.2) is 0 Å². The molecule has 1 aliphatic rings. The van der Waals surface area contributed by atoms with Crippen LogP contribution in [0.5, 0.6) is 0 Å². The number of nitrogens with zero attached hydrogens (tertiary/aromatic N) is 1. The first-order valence-corrected chi connectivity index (χ1v) is 7.21. The molecule has 2 unspecified atom stereocenters. The van der Waals surface area contributed by atoms with E-state index in [1.807, 2.05) is 44.2 Å². The third-order valence-electron chi connectivity index (χ3n) is 3.71. The van der Waals surface area contributed by atoms with E-state index >= 15 is 0 Å². The fourth-order valence-corrected chi connectivity index (χ4v) is 2.70. The van der Waals surface area contributed by atoms with E-state index in [4.69, 9.17) is 0 Å². The number of amides is 2. The molecule has 1 aromatic rings. The Hall–Kier alpha value is -1.68. The van der Waals surface area contributed by atoms with Gasteiger partial charge in [-0.2, -0.15) is 0 Å². The van der Waals surface area contributed by atoms with Gasteiger partial charge in [-0.15, -0.1) is 0 Å². The topological polar surface area (TPSA) is 49.4 Å².